The number of urea groups is 1. The van der Waals surface area contributed by atoms with Crippen LogP contribution in [0.15, 0.2) is 0 Å². The normalized spacial score (nSPS) is 29.5. The van der Waals surface area contributed by atoms with E-state index in [0.717, 1.165) is 0 Å². The fraction of sp³-hybridized carbons (Fsp3) is 0.818. The summed E-state index contributed by atoms with van der Waals surface area (Å²) in [7, 11) is 0. The highest BCUT2D eigenvalue weighted by atomic mass is 16.2. The molecular formula is C11H20N4O2. The van der Waals surface area contributed by atoms with Crippen molar-refractivity contribution in [2.24, 2.45) is 5.73 Å². The summed E-state index contributed by atoms with van der Waals surface area (Å²) in [4.78, 5) is 27.2. The Morgan fingerprint density at radius 3 is 2.65 bits per heavy atom. The summed E-state index contributed by atoms with van der Waals surface area (Å²) < 4.78 is 0. The average molecular weight is 240 g/mol. The van der Waals surface area contributed by atoms with Crippen LogP contribution in [0.3, 0.4) is 0 Å². The van der Waals surface area contributed by atoms with Gasteiger partial charge in [0.2, 0.25) is 5.91 Å². The summed E-state index contributed by atoms with van der Waals surface area (Å²) in [6, 6.07) is -0.553. The molecule has 2 atom stereocenters. The lowest BCUT2D eigenvalue weighted by Crippen LogP contribution is -2.61. The zero-order valence-electron chi connectivity index (χ0n) is 10.6. The summed E-state index contributed by atoms with van der Waals surface area (Å²) in [5, 5.41) is 3.09. The molecule has 2 fully saturated rings. The Bertz CT molecular complexity index is 350. The summed E-state index contributed by atoms with van der Waals surface area (Å²) in [5.74, 6) is -0.386. The predicted octanol–water partition coefficient (Wildman–Crippen LogP) is -0.652. The highest BCUT2D eigenvalue weighted by Crippen LogP contribution is 2.27. The van der Waals surface area contributed by atoms with Gasteiger partial charge in [-0.1, -0.05) is 0 Å². The van der Waals surface area contributed by atoms with E-state index in [4.69, 9.17) is 5.73 Å². The third kappa shape index (κ3) is 1.97. The maximum atomic E-state index is 12.2. The molecule has 0 aromatic heterocycles. The minimum absolute atomic E-state index is 0.00949. The number of primary amides is 1. The number of hydrogen-bond donors (Lipinski definition) is 2. The Kier molecular flexibility index (Phi) is 2.77. The topological polar surface area (TPSA) is 78.7 Å². The van der Waals surface area contributed by atoms with Gasteiger partial charge in [-0.25, -0.2) is 4.79 Å². The molecule has 6 nitrogen and oxygen atoms in total. The molecule has 0 aromatic rings. The van der Waals surface area contributed by atoms with Crippen LogP contribution in [-0.4, -0.2) is 59.0 Å². The number of nitrogens with zero attached hydrogens (tertiary/aromatic N) is 2. The lowest BCUT2D eigenvalue weighted by molar-refractivity contribution is -0.121. The van der Waals surface area contributed by atoms with E-state index in [0.29, 0.717) is 19.6 Å². The van der Waals surface area contributed by atoms with Crippen LogP contribution in [0.25, 0.3) is 0 Å². The van der Waals surface area contributed by atoms with Gasteiger partial charge in [-0.2, -0.15) is 0 Å². The van der Waals surface area contributed by atoms with Crippen molar-refractivity contribution in [3.05, 3.63) is 0 Å². The largest absolute Gasteiger partial charge is 0.368 e. The second-order valence-corrected chi connectivity index (χ2v) is 5.66. The van der Waals surface area contributed by atoms with Crippen LogP contribution in [0.2, 0.25) is 0 Å². The first-order chi connectivity index (χ1) is 7.82. The fourth-order valence-electron chi connectivity index (χ4n) is 2.53. The number of nitrogens with one attached hydrogen (secondary N) is 1. The van der Waals surface area contributed by atoms with Crippen LogP contribution in [0.1, 0.15) is 20.8 Å². The number of fused-ring (bicyclic) bond motifs is 1. The van der Waals surface area contributed by atoms with Gasteiger partial charge in [0.05, 0.1) is 6.04 Å². The van der Waals surface area contributed by atoms with Crippen molar-refractivity contribution >= 4 is 11.9 Å². The summed E-state index contributed by atoms with van der Waals surface area (Å²) in [5.41, 5.74) is 5.14. The van der Waals surface area contributed by atoms with E-state index >= 15 is 0 Å². The van der Waals surface area contributed by atoms with Gasteiger partial charge in [-0.05, 0) is 20.8 Å². The summed E-state index contributed by atoms with van der Waals surface area (Å²) in [6.07, 6.45) is 0. The molecule has 3 N–H and O–H groups in total. The molecule has 2 saturated heterocycles. The molecule has 0 unspecified atom stereocenters. The first kappa shape index (κ1) is 12.2. The molecule has 0 spiro atoms. The quantitative estimate of drug-likeness (QED) is 0.639. The van der Waals surface area contributed by atoms with Crippen LogP contribution in [0.5, 0.6) is 0 Å². The van der Waals surface area contributed by atoms with E-state index < -0.39 is 6.04 Å². The number of carbonyl (C=O) groups excluding carboxylic acids is 2. The highest BCUT2D eigenvalue weighted by Gasteiger charge is 2.48. The molecule has 3 amide bonds. The Balaban J connectivity index is 2.23. The number of nitrogens with two attached hydrogens (primary N) is 1. The van der Waals surface area contributed by atoms with E-state index in [-0.39, 0.29) is 23.5 Å². The second kappa shape index (κ2) is 3.87. The molecule has 6 heteroatoms. The Hall–Kier alpha value is -1.30. The van der Waals surface area contributed by atoms with Gasteiger partial charge >= 0.3 is 6.03 Å². The molecule has 0 radical (unpaired) electrons. The summed E-state index contributed by atoms with van der Waals surface area (Å²) in [6.45, 7) is 7.80. The van der Waals surface area contributed by atoms with Crippen LogP contribution in [0.4, 0.5) is 4.79 Å². The molecule has 2 aliphatic heterocycles. The maximum Gasteiger partial charge on any atom is 0.320 e. The van der Waals surface area contributed by atoms with Crippen LogP contribution in [0, 0.1) is 0 Å². The van der Waals surface area contributed by atoms with E-state index in [1.54, 1.807) is 9.80 Å². The van der Waals surface area contributed by atoms with Crippen LogP contribution >= 0.6 is 0 Å². The lowest BCUT2D eigenvalue weighted by Gasteiger charge is -2.34. The van der Waals surface area contributed by atoms with Gasteiger partial charge in [0, 0.05) is 25.2 Å². The van der Waals surface area contributed by atoms with Crippen molar-refractivity contribution in [3.8, 4) is 0 Å². The molecule has 17 heavy (non-hydrogen) atoms. The molecule has 2 aliphatic rings. The molecule has 0 aliphatic carbocycles. The van der Waals surface area contributed by atoms with Crippen molar-refractivity contribution in [1.82, 2.24) is 15.1 Å². The van der Waals surface area contributed by atoms with E-state index in [2.05, 4.69) is 5.32 Å². The average Bonchev–Trinajstić information content (AvgIpc) is 2.55. The third-order valence-electron chi connectivity index (χ3n) is 3.46. The van der Waals surface area contributed by atoms with E-state index in [1.807, 2.05) is 20.8 Å². The van der Waals surface area contributed by atoms with Gasteiger partial charge in [0.25, 0.3) is 0 Å². The maximum absolute atomic E-state index is 12.2. The number of rotatable bonds is 1. The number of carbonyl (C=O) groups is 2. The SMILES string of the molecule is CC(C)(C)N1C[C@H]2[C@H](C(N)=O)NCCN2C1=O. The molecule has 0 aromatic carbocycles. The highest BCUT2D eigenvalue weighted by molar-refractivity contribution is 5.85. The first-order valence-corrected chi connectivity index (χ1v) is 5.93. The Labute approximate surface area is 101 Å². The minimum atomic E-state index is -0.431. The van der Waals surface area contributed by atoms with E-state index in [1.165, 1.54) is 0 Å². The predicted molar refractivity (Wildman–Crippen MR) is 63.3 cm³/mol. The zero-order chi connectivity index (χ0) is 12.8. The van der Waals surface area contributed by atoms with Gasteiger partial charge < -0.3 is 20.9 Å². The lowest BCUT2D eigenvalue weighted by atomic mass is 10.0. The Morgan fingerprint density at radius 2 is 2.12 bits per heavy atom. The van der Waals surface area contributed by atoms with Crippen molar-refractivity contribution < 1.29 is 9.59 Å². The molecule has 2 heterocycles. The van der Waals surface area contributed by atoms with Crippen LogP contribution in [-0.2, 0) is 4.79 Å². The van der Waals surface area contributed by atoms with E-state index in [9.17, 15) is 9.59 Å². The molecule has 0 bridgehead atoms. The number of hydrogen-bond acceptors (Lipinski definition) is 3. The molecular weight excluding hydrogens is 220 g/mol. The van der Waals surface area contributed by atoms with Crippen LogP contribution < -0.4 is 11.1 Å². The van der Waals surface area contributed by atoms with Gasteiger partial charge in [-0.15, -0.1) is 0 Å². The molecule has 96 valence electrons. The number of amides is 3. The zero-order valence-corrected chi connectivity index (χ0v) is 10.6. The first-order valence-electron chi connectivity index (χ1n) is 5.93. The van der Waals surface area contributed by atoms with Crippen molar-refractivity contribution in [3.63, 3.8) is 0 Å². The second-order valence-electron chi connectivity index (χ2n) is 5.66. The van der Waals surface area contributed by atoms with Crippen molar-refractivity contribution in [2.45, 2.75) is 38.4 Å². The standard InChI is InChI=1S/C11H20N4O2/c1-11(2,3)15-6-7-8(9(12)16)13-4-5-14(7)10(15)17/h7-8,13H,4-6H2,1-3H3,(H2,12,16)/t7-,8+/m0/s1. The molecule has 0 saturated carbocycles. The summed E-state index contributed by atoms with van der Waals surface area (Å²) >= 11 is 0. The smallest absolute Gasteiger partial charge is 0.320 e. The van der Waals surface area contributed by atoms with Crippen molar-refractivity contribution in [2.75, 3.05) is 19.6 Å². The van der Waals surface area contributed by atoms with Crippen molar-refractivity contribution in [1.29, 1.82) is 0 Å². The van der Waals surface area contributed by atoms with Gasteiger partial charge in [0.1, 0.15) is 6.04 Å². The van der Waals surface area contributed by atoms with Gasteiger partial charge in [0.15, 0.2) is 0 Å². The van der Waals surface area contributed by atoms with Gasteiger partial charge in [-0.3, -0.25) is 4.79 Å². The third-order valence-corrected chi connectivity index (χ3v) is 3.46. The fourth-order valence-corrected chi connectivity index (χ4v) is 2.53. The number of piperazine rings is 1. The molecule has 2 rings (SSSR count). The monoisotopic (exact) mass is 240 g/mol. The minimum Gasteiger partial charge on any atom is -0.368 e. The Morgan fingerprint density at radius 1 is 1.47 bits per heavy atom.